The molecule has 2 heterocycles. The van der Waals surface area contributed by atoms with Crippen LogP contribution in [0.15, 0.2) is 18.3 Å². The molecule has 0 aromatic carbocycles. The SMILES string of the molecule is CCC1(C)OB(c2ccc(F)nc2)OC1(C)C. The van der Waals surface area contributed by atoms with E-state index in [1.54, 1.807) is 6.07 Å². The van der Waals surface area contributed by atoms with Crippen molar-refractivity contribution >= 4 is 12.6 Å². The van der Waals surface area contributed by atoms with Gasteiger partial charge < -0.3 is 9.31 Å². The maximum atomic E-state index is 12.8. The van der Waals surface area contributed by atoms with Gasteiger partial charge in [0.2, 0.25) is 5.95 Å². The van der Waals surface area contributed by atoms with Crippen molar-refractivity contribution in [1.82, 2.24) is 4.98 Å². The van der Waals surface area contributed by atoms with Gasteiger partial charge in [-0.05, 0) is 33.3 Å². The van der Waals surface area contributed by atoms with Crippen molar-refractivity contribution in [2.45, 2.75) is 45.3 Å². The van der Waals surface area contributed by atoms with Gasteiger partial charge in [-0.25, -0.2) is 4.98 Å². The first-order valence-corrected chi connectivity index (χ1v) is 5.85. The first-order chi connectivity index (χ1) is 7.88. The summed E-state index contributed by atoms with van der Waals surface area (Å²) in [5, 5.41) is 0. The topological polar surface area (TPSA) is 31.4 Å². The Morgan fingerprint density at radius 3 is 2.47 bits per heavy atom. The summed E-state index contributed by atoms with van der Waals surface area (Å²) in [5.41, 5.74) is 0.0315. The standard InChI is InChI=1S/C12H17BFNO2/c1-5-12(4)11(2,3)16-13(17-12)9-6-7-10(14)15-8-9/h6-8H,5H2,1-4H3. The Hall–Kier alpha value is -0.935. The van der Waals surface area contributed by atoms with Crippen LogP contribution in [0.3, 0.4) is 0 Å². The van der Waals surface area contributed by atoms with Gasteiger partial charge in [0, 0.05) is 11.7 Å². The molecule has 1 saturated heterocycles. The van der Waals surface area contributed by atoms with Crippen LogP contribution in [-0.2, 0) is 9.31 Å². The van der Waals surface area contributed by atoms with E-state index in [-0.39, 0.29) is 11.2 Å². The minimum atomic E-state index is -0.496. The molecular formula is C12H17BFNO2. The van der Waals surface area contributed by atoms with Gasteiger partial charge in [0.05, 0.1) is 11.2 Å². The Labute approximate surface area is 101 Å². The van der Waals surface area contributed by atoms with E-state index < -0.39 is 13.1 Å². The van der Waals surface area contributed by atoms with Crippen molar-refractivity contribution < 1.29 is 13.7 Å². The van der Waals surface area contributed by atoms with Gasteiger partial charge in [-0.15, -0.1) is 0 Å². The lowest BCUT2D eigenvalue weighted by Gasteiger charge is -2.35. The van der Waals surface area contributed by atoms with Crippen molar-refractivity contribution in [2.75, 3.05) is 0 Å². The third-order valence-electron chi connectivity index (χ3n) is 3.74. The molecule has 92 valence electrons. The summed E-state index contributed by atoms with van der Waals surface area (Å²) in [6.45, 7) is 8.11. The predicted molar refractivity (Wildman–Crippen MR) is 64.5 cm³/mol. The van der Waals surface area contributed by atoms with E-state index in [1.165, 1.54) is 12.3 Å². The molecule has 1 aromatic rings. The summed E-state index contributed by atoms with van der Waals surface area (Å²) in [5.74, 6) is -0.496. The van der Waals surface area contributed by atoms with Crippen LogP contribution in [0, 0.1) is 5.95 Å². The molecule has 1 fully saturated rings. The van der Waals surface area contributed by atoms with Gasteiger partial charge in [0.1, 0.15) is 0 Å². The zero-order chi connectivity index (χ0) is 12.7. The van der Waals surface area contributed by atoms with Gasteiger partial charge in [-0.1, -0.05) is 13.0 Å². The smallest absolute Gasteiger partial charge is 0.399 e. The average Bonchev–Trinajstić information content (AvgIpc) is 2.52. The second-order valence-electron chi connectivity index (χ2n) is 5.08. The van der Waals surface area contributed by atoms with Gasteiger partial charge in [0.15, 0.2) is 0 Å². The Morgan fingerprint density at radius 2 is 2.00 bits per heavy atom. The van der Waals surface area contributed by atoms with Crippen LogP contribution in [0.5, 0.6) is 0 Å². The highest BCUT2D eigenvalue weighted by Crippen LogP contribution is 2.39. The zero-order valence-corrected chi connectivity index (χ0v) is 10.7. The van der Waals surface area contributed by atoms with E-state index in [4.69, 9.17) is 9.31 Å². The maximum absolute atomic E-state index is 12.8. The molecule has 0 saturated carbocycles. The van der Waals surface area contributed by atoms with E-state index in [1.807, 2.05) is 20.8 Å². The molecule has 0 aliphatic carbocycles. The molecule has 0 bridgehead atoms. The molecule has 1 atom stereocenters. The van der Waals surface area contributed by atoms with Crippen molar-refractivity contribution in [2.24, 2.45) is 0 Å². The number of rotatable bonds is 2. The van der Waals surface area contributed by atoms with Crippen LogP contribution in [-0.4, -0.2) is 23.3 Å². The summed E-state index contributed by atoms with van der Waals surface area (Å²) in [7, 11) is -0.469. The van der Waals surface area contributed by atoms with Crippen LogP contribution in [0.2, 0.25) is 0 Å². The molecule has 0 amide bonds. The number of aromatic nitrogens is 1. The van der Waals surface area contributed by atoms with Gasteiger partial charge in [-0.3, -0.25) is 0 Å². The second kappa shape index (κ2) is 4.07. The van der Waals surface area contributed by atoms with E-state index in [0.717, 1.165) is 11.9 Å². The normalized spacial score (nSPS) is 27.5. The van der Waals surface area contributed by atoms with E-state index >= 15 is 0 Å². The molecule has 1 aliphatic heterocycles. The first kappa shape index (κ1) is 12.5. The molecule has 3 nitrogen and oxygen atoms in total. The Kier molecular flexibility index (Phi) is 3.00. The molecule has 1 unspecified atom stereocenters. The second-order valence-corrected chi connectivity index (χ2v) is 5.08. The quantitative estimate of drug-likeness (QED) is 0.581. The largest absolute Gasteiger partial charge is 0.496 e. The molecule has 0 N–H and O–H groups in total. The molecular weight excluding hydrogens is 220 g/mol. The van der Waals surface area contributed by atoms with Crippen LogP contribution in [0.25, 0.3) is 0 Å². The van der Waals surface area contributed by atoms with Crippen LogP contribution >= 0.6 is 0 Å². The summed E-state index contributed by atoms with van der Waals surface area (Å²) in [6.07, 6.45) is 2.31. The monoisotopic (exact) mass is 237 g/mol. The highest BCUT2D eigenvalue weighted by atomic mass is 19.1. The average molecular weight is 237 g/mol. The Balaban J connectivity index is 2.24. The minimum absolute atomic E-state index is 0.341. The highest BCUT2D eigenvalue weighted by molar-refractivity contribution is 6.62. The van der Waals surface area contributed by atoms with E-state index in [9.17, 15) is 4.39 Å². The van der Waals surface area contributed by atoms with Crippen molar-refractivity contribution in [3.8, 4) is 0 Å². The third-order valence-corrected chi connectivity index (χ3v) is 3.74. The first-order valence-electron chi connectivity index (χ1n) is 5.85. The molecule has 1 aromatic heterocycles. The minimum Gasteiger partial charge on any atom is -0.399 e. The number of hydrogen-bond donors (Lipinski definition) is 0. The predicted octanol–water partition coefficient (Wildman–Crippen LogP) is 1.91. The Bertz CT molecular complexity index is 409. The number of pyridine rings is 1. The molecule has 5 heteroatoms. The van der Waals surface area contributed by atoms with Crippen LogP contribution in [0.4, 0.5) is 4.39 Å². The van der Waals surface area contributed by atoms with Crippen molar-refractivity contribution in [1.29, 1.82) is 0 Å². The fourth-order valence-electron chi connectivity index (χ4n) is 1.97. The third kappa shape index (κ3) is 2.09. The molecule has 0 radical (unpaired) electrons. The lowest BCUT2D eigenvalue weighted by Crippen LogP contribution is -2.44. The number of nitrogens with zero attached hydrogens (tertiary/aromatic N) is 1. The molecule has 17 heavy (non-hydrogen) atoms. The fraction of sp³-hybridized carbons (Fsp3) is 0.583. The van der Waals surface area contributed by atoms with E-state index in [2.05, 4.69) is 11.9 Å². The van der Waals surface area contributed by atoms with E-state index in [0.29, 0.717) is 0 Å². The summed E-state index contributed by atoms with van der Waals surface area (Å²) in [4.78, 5) is 3.62. The summed E-state index contributed by atoms with van der Waals surface area (Å²) >= 11 is 0. The Morgan fingerprint density at radius 1 is 1.29 bits per heavy atom. The van der Waals surface area contributed by atoms with Crippen molar-refractivity contribution in [3.63, 3.8) is 0 Å². The number of halogens is 1. The van der Waals surface area contributed by atoms with Gasteiger partial charge in [0.25, 0.3) is 0 Å². The zero-order valence-electron chi connectivity index (χ0n) is 10.7. The van der Waals surface area contributed by atoms with Gasteiger partial charge in [-0.2, -0.15) is 4.39 Å². The molecule has 1 aliphatic rings. The van der Waals surface area contributed by atoms with Crippen LogP contribution < -0.4 is 5.46 Å². The fourth-order valence-corrected chi connectivity index (χ4v) is 1.97. The van der Waals surface area contributed by atoms with Crippen molar-refractivity contribution in [3.05, 3.63) is 24.3 Å². The lowest BCUT2D eigenvalue weighted by atomic mass is 9.80. The summed E-state index contributed by atoms with van der Waals surface area (Å²) < 4.78 is 24.6. The maximum Gasteiger partial charge on any atom is 0.496 e. The molecule has 2 rings (SSSR count). The molecule has 0 spiro atoms. The summed E-state index contributed by atoms with van der Waals surface area (Å²) in [6, 6.07) is 2.96. The van der Waals surface area contributed by atoms with Crippen LogP contribution in [0.1, 0.15) is 34.1 Å². The highest BCUT2D eigenvalue weighted by Gasteiger charge is 2.53. The van der Waals surface area contributed by atoms with Gasteiger partial charge >= 0.3 is 7.12 Å². The number of hydrogen-bond acceptors (Lipinski definition) is 3. The lowest BCUT2D eigenvalue weighted by molar-refractivity contribution is -0.0118.